The molecule has 18 heavy (non-hydrogen) atoms. The Morgan fingerprint density at radius 2 is 2.22 bits per heavy atom. The summed E-state index contributed by atoms with van der Waals surface area (Å²) in [5.74, 6) is 0.915. The number of likely N-dealkylation sites (N-methyl/N-ethyl adjacent to an activating group) is 1. The van der Waals surface area contributed by atoms with Crippen LogP contribution in [-0.4, -0.2) is 38.1 Å². The molecule has 0 unspecified atom stereocenters. The predicted molar refractivity (Wildman–Crippen MR) is 72.6 cm³/mol. The van der Waals surface area contributed by atoms with E-state index in [0.29, 0.717) is 6.54 Å². The molecule has 0 aliphatic heterocycles. The van der Waals surface area contributed by atoms with E-state index in [1.54, 1.807) is 7.11 Å². The minimum Gasteiger partial charge on any atom is -0.497 e. The fraction of sp³-hybridized carbons (Fsp3) is 0.500. The third-order valence-corrected chi connectivity index (χ3v) is 2.57. The maximum Gasteiger partial charge on any atom is 0.234 e. The Bertz CT molecular complexity index is 380. The van der Waals surface area contributed by atoms with Crippen LogP contribution in [0, 0.1) is 0 Å². The van der Waals surface area contributed by atoms with Crippen molar-refractivity contribution in [3.63, 3.8) is 0 Å². The second kappa shape index (κ2) is 7.71. The Morgan fingerprint density at radius 3 is 2.89 bits per heavy atom. The summed E-state index contributed by atoms with van der Waals surface area (Å²) < 4.78 is 5.17. The van der Waals surface area contributed by atoms with Gasteiger partial charge in [0.05, 0.1) is 13.7 Å². The van der Waals surface area contributed by atoms with E-state index in [4.69, 9.17) is 4.74 Å². The third-order valence-electron chi connectivity index (χ3n) is 2.57. The molecule has 0 radical (unpaired) electrons. The summed E-state index contributed by atoms with van der Waals surface area (Å²) in [4.78, 5) is 13.5. The maximum absolute atomic E-state index is 11.5. The van der Waals surface area contributed by atoms with Gasteiger partial charge in [-0.15, -0.1) is 0 Å². The van der Waals surface area contributed by atoms with Crippen LogP contribution in [0.4, 0.5) is 0 Å². The number of nitrogens with zero attached hydrogens (tertiary/aromatic N) is 1. The van der Waals surface area contributed by atoms with Gasteiger partial charge in [0.15, 0.2) is 0 Å². The van der Waals surface area contributed by atoms with Gasteiger partial charge in [-0.1, -0.05) is 19.1 Å². The molecule has 1 amide bonds. The van der Waals surface area contributed by atoms with Gasteiger partial charge >= 0.3 is 0 Å². The lowest BCUT2D eigenvalue weighted by molar-refractivity contribution is -0.122. The lowest BCUT2D eigenvalue weighted by Crippen LogP contribution is -2.35. The Kier molecular flexibility index (Phi) is 6.22. The number of benzene rings is 1. The average Bonchev–Trinajstić information content (AvgIpc) is 2.36. The zero-order chi connectivity index (χ0) is 13.4. The number of hydrogen-bond acceptors (Lipinski definition) is 3. The van der Waals surface area contributed by atoms with Crippen molar-refractivity contribution in [3.8, 4) is 5.75 Å². The summed E-state index contributed by atoms with van der Waals surface area (Å²) in [6.07, 6.45) is 0.964. The van der Waals surface area contributed by atoms with Crippen LogP contribution in [0.15, 0.2) is 24.3 Å². The van der Waals surface area contributed by atoms with Gasteiger partial charge in [0.2, 0.25) is 5.91 Å². The van der Waals surface area contributed by atoms with E-state index in [1.165, 1.54) is 0 Å². The summed E-state index contributed by atoms with van der Waals surface area (Å²) in [5, 5.41) is 2.87. The number of amides is 1. The standard InChI is InChI=1S/C14H22N2O2/c1-4-8-15-14(17)11-16(2)10-12-6-5-7-13(9-12)18-3/h5-7,9H,4,8,10-11H2,1-3H3,(H,15,17). The quantitative estimate of drug-likeness (QED) is 0.800. The topological polar surface area (TPSA) is 41.6 Å². The van der Waals surface area contributed by atoms with E-state index in [9.17, 15) is 4.79 Å². The van der Waals surface area contributed by atoms with Gasteiger partial charge in [-0.2, -0.15) is 0 Å². The summed E-state index contributed by atoms with van der Waals surface area (Å²) in [5.41, 5.74) is 1.14. The van der Waals surface area contributed by atoms with E-state index >= 15 is 0 Å². The third kappa shape index (κ3) is 5.19. The molecule has 4 nitrogen and oxygen atoms in total. The lowest BCUT2D eigenvalue weighted by Gasteiger charge is -2.16. The van der Waals surface area contributed by atoms with Crippen LogP contribution < -0.4 is 10.1 Å². The molecule has 100 valence electrons. The smallest absolute Gasteiger partial charge is 0.234 e. The SMILES string of the molecule is CCCNC(=O)CN(C)Cc1cccc(OC)c1. The second-order valence-electron chi connectivity index (χ2n) is 4.37. The summed E-state index contributed by atoms with van der Waals surface area (Å²) in [6.45, 7) is 3.93. The molecule has 0 aliphatic carbocycles. The van der Waals surface area contributed by atoms with Crippen molar-refractivity contribution in [1.29, 1.82) is 0 Å². The van der Waals surface area contributed by atoms with Gasteiger partial charge in [0, 0.05) is 13.1 Å². The Balaban J connectivity index is 2.43. The molecule has 1 rings (SSSR count). The summed E-state index contributed by atoms with van der Waals surface area (Å²) in [6, 6.07) is 7.89. The minimum absolute atomic E-state index is 0.0715. The minimum atomic E-state index is 0.0715. The van der Waals surface area contributed by atoms with Crippen LogP contribution >= 0.6 is 0 Å². The monoisotopic (exact) mass is 250 g/mol. The molecule has 0 aromatic heterocycles. The second-order valence-corrected chi connectivity index (χ2v) is 4.37. The molecule has 0 aliphatic rings. The van der Waals surface area contributed by atoms with Gasteiger partial charge in [0.25, 0.3) is 0 Å². The number of methoxy groups -OCH3 is 1. The van der Waals surface area contributed by atoms with Crippen LogP contribution in [-0.2, 0) is 11.3 Å². The van der Waals surface area contributed by atoms with E-state index < -0.39 is 0 Å². The van der Waals surface area contributed by atoms with Crippen molar-refractivity contribution in [2.75, 3.05) is 27.2 Å². The Labute approximate surface area is 109 Å². The van der Waals surface area contributed by atoms with Crippen LogP contribution in [0.25, 0.3) is 0 Å². The van der Waals surface area contributed by atoms with Crippen molar-refractivity contribution in [2.45, 2.75) is 19.9 Å². The molecule has 0 heterocycles. The summed E-state index contributed by atoms with van der Waals surface area (Å²) in [7, 11) is 3.59. The van der Waals surface area contributed by atoms with Crippen molar-refractivity contribution in [3.05, 3.63) is 29.8 Å². The molecule has 4 heteroatoms. The predicted octanol–water partition coefficient (Wildman–Crippen LogP) is 1.65. The fourth-order valence-electron chi connectivity index (χ4n) is 1.70. The zero-order valence-corrected chi connectivity index (χ0v) is 11.4. The average molecular weight is 250 g/mol. The first kappa shape index (κ1) is 14.5. The highest BCUT2D eigenvalue weighted by atomic mass is 16.5. The number of carbonyl (C=O) groups excluding carboxylic acids is 1. The van der Waals surface area contributed by atoms with Gasteiger partial charge in [-0.3, -0.25) is 9.69 Å². The molecule has 0 fully saturated rings. The van der Waals surface area contributed by atoms with Crippen molar-refractivity contribution >= 4 is 5.91 Å². The Morgan fingerprint density at radius 1 is 1.44 bits per heavy atom. The molecule has 0 spiro atoms. The van der Waals surface area contributed by atoms with E-state index in [2.05, 4.69) is 5.32 Å². The molecular formula is C14H22N2O2. The first-order valence-corrected chi connectivity index (χ1v) is 6.24. The highest BCUT2D eigenvalue weighted by molar-refractivity contribution is 5.77. The molecule has 0 saturated carbocycles. The molecular weight excluding hydrogens is 228 g/mol. The van der Waals surface area contributed by atoms with Gasteiger partial charge < -0.3 is 10.1 Å². The van der Waals surface area contributed by atoms with Gasteiger partial charge in [-0.05, 0) is 31.2 Å². The van der Waals surface area contributed by atoms with Crippen LogP contribution in [0.5, 0.6) is 5.75 Å². The number of carbonyl (C=O) groups is 1. The van der Waals surface area contributed by atoms with Crippen molar-refractivity contribution in [2.24, 2.45) is 0 Å². The lowest BCUT2D eigenvalue weighted by atomic mass is 10.2. The fourth-order valence-corrected chi connectivity index (χ4v) is 1.70. The molecule has 1 aromatic carbocycles. The van der Waals surface area contributed by atoms with E-state index in [1.807, 2.05) is 43.1 Å². The first-order chi connectivity index (χ1) is 8.65. The van der Waals surface area contributed by atoms with Crippen molar-refractivity contribution < 1.29 is 9.53 Å². The number of ether oxygens (including phenoxy) is 1. The molecule has 0 saturated heterocycles. The largest absolute Gasteiger partial charge is 0.497 e. The number of hydrogen-bond donors (Lipinski definition) is 1. The van der Waals surface area contributed by atoms with E-state index in [0.717, 1.165) is 30.8 Å². The highest BCUT2D eigenvalue weighted by Gasteiger charge is 2.06. The van der Waals surface area contributed by atoms with Crippen molar-refractivity contribution in [1.82, 2.24) is 10.2 Å². The molecule has 0 bridgehead atoms. The number of rotatable bonds is 7. The van der Waals surface area contributed by atoms with Gasteiger partial charge in [-0.25, -0.2) is 0 Å². The summed E-state index contributed by atoms with van der Waals surface area (Å²) >= 11 is 0. The highest BCUT2D eigenvalue weighted by Crippen LogP contribution is 2.13. The van der Waals surface area contributed by atoms with Crippen LogP contribution in [0.3, 0.4) is 0 Å². The molecule has 1 aromatic rings. The van der Waals surface area contributed by atoms with Crippen LogP contribution in [0.2, 0.25) is 0 Å². The van der Waals surface area contributed by atoms with E-state index in [-0.39, 0.29) is 5.91 Å². The van der Waals surface area contributed by atoms with Crippen LogP contribution in [0.1, 0.15) is 18.9 Å². The number of nitrogens with one attached hydrogen (secondary N) is 1. The molecule has 1 N–H and O–H groups in total. The first-order valence-electron chi connectivity index (χ1n) is 6.24. The maximum atomic E-state index is 11.5. The Hall–Kier alpha value is -1.55. The zero-order valence-electron chi connectivity index (χ0n) is 11.4. The normalized spacial score (nSPS) is 10.4. The van der Waals surface area contributed by atoms with Gasteiger partial charge in [0.1, 0.15) is 5.75 Å². The molecule has 0 atom stereocenters.